The van der Waals surface area contributed by atoms with E-state index in [9.17, 15) is 4.79 Å². The van der Waals surface area contributed by atoms with Crippen LogP contribution in [-0.4, -0.2) is 35.6 Å². The molecule has 1 rings (SSSR count). The van der Waals surface area contributed by atoms with E-state index in [1.54, 1.807) is 0 Å². The number of nitrogens with zero attached hydrogens (tertiary/aromatic N) is 1. The summed E-state index contributed by atoms with van der Waals surface area (Å²) in [5, 5.41) is 8.63. The second-order valence-electron chi connectivity index (χ2n) is 3.35. The molecule has 0 amide bonds. The Balaban J connectivity index is 2.42. The Morgan fingerprint density at radius 2 is 2.40 bits per heavy atom. The molecule has 0 saturated carbocycles. The minimum absolute atomic E-state index is 0.324. The molecule has 0 aliphatic carbocycles. The van der Waals surface area contributed by atoms with Gasteiger partial charge in [-0.15, -0.1) is 11.3 Å². The first-order valence-corrected chi connectivity index (χ1v) is 5.59. The molecule has 1 atom stereocenters. The van der Waals surface area contributed by atoms with Crippen molar-refractivity contribution < 1.29 is 9.90 Å². The third-order valence-electron chi connectivity index (χ3n) is 1.88. The van der Waals surface area contributed by atoms with E-state index in [1.807, 2.05) is 24.1 Å². The molecule has 1 aromatic heterocycles. The summed E-state index contributed by atoms with van der Waals surface area (Å²) >= 11 is 7.27. The maximum absolute atomic E-state index is 10.5. The quantitative estimate of drug-likeness (QED) is 0.823. The molecule has 15 heavy (non-hydrogen) atoms. The summed E-state index contributed by atoms with van der Waals surface area (Å²) < 4.78 is 0.737. The van der Waals surface area contributed by atoms with Crippen LogP contribution in [0.25, 0.3) is 0 Å². The van der Waals surface area contributed by atoms with Crippen molar-refractivity contribution >= 4 is 28.9 Å². The van der Waals surface area contributed by atoms with Crippen LogP contribution < -0.4 is 5.73 Å². The molecule has 84 valence electrons. The Morgan fingerprint density at radius 3 is 2.87 bits per heavy atom. The van der Waals surface area contributed by atoms with E-state index in [2.05, 4.69) is 0 Å². The highest BCUT2D eigenvalue weighted by atomic mass is 35.5. The fourth-order valence-electron chi connectivity index (χ4n) is 1.18. The van der Waals surface area contributed by atoms with Gasteiger partial charge in [-0.25, -0.2) is 0 Å². The molecule has 0 aliphatic rings. The molecular weight excluding hydrogens is 236 g/mol. The minimum Gasteiger partial charge on any atom is -0.480 e. The first-order valence-electron chi connectivity index (χ1n) is 4.40. The molecule has 1 aromatic rings. The SMILES string of the molecule is CN(Cc1ccc(Cl)s1)CC(N)C(=O)O. The third-order valence-corrected chi connectivity index (χ3v) is 3.10. The summed E-state index contributed by atoms with van der Waals surface area (Å²) in [4.78, 5) is 13.5. The Labute approximate surface area is 97.3 Å². The molecule has 0 saturated heterocycles. The first kappa shape index (κ1) is 12.4. The van der Waals surface area contributed by atoms with Crippen LogP contribution in [0.5, 0.6) is 0 Å². The van der Waals surface area contributed by atoms with E-state index in [0.717, 1.165) is 9.21 Å². The summed E-state index contributed by atoms with van der Waals surface area (Å²) in [6.45, 7) is 0.989. The van der Waals surface area contributed by atoms with Gasteiger partial charge in [0.1, 0.15) is 6.04 Å². The fraction of sp³-hybridized carbons (Fsp3) is 0.444. The highest BCUT2D eigenvalue weighted by molar-refractivity contribution is 7.16. The van der Waals surface area contributed by atoms with Crippen LogP contribution in [0.1, 0.15) is 4.88 Å². The predicted octanol–water partition coefficient (Wildman–Crippen LogP) is 1.25. The van der Waals surface area contributed by atoms with Crippen molar-refractivity contribution in [3.63, 3.8) is 0 Å². The number of carboxylic acid groups (broad SMARTS) is 1. The standard InChI is InChI=1S/C9H13ClN2O2S/c1-12(5-7(11)9(13)14)4-6-2-3-8(10)15-6/h2-3,7H,4-5,11H2,1H3,(H,13,14). The molecule has 0 spiro atoms. The van der Waals surface area contributed by atoms with Crippen LogP contribution >= 0.6 is 22.9 Å². The van der Waals surface area contributed by atoms with Crippen molar-refractivity contribution in [2.24, 2.45) is 5.73 Å². The van der Waals surface area contributed by atoms with E-state index >= 15 is 0 Å². The van der Waals surface area contributed by atoms with E-state index < -0.39 is 12.0 Å². The van der Waals surface area contributed by atoms with Gasteiger partial charge in [0.15, 0.2) is 0 Å². The van der Waals surface area contributed by atoms with Crippen LogP contribution in [0, 0.1) is 0 Å². The van der Waals surface area contributed by atoms with Gasteiger partial charge in [-0.05, 0) is 19.2 Å². The number of rotatable bonds is 5. The fourth-order valence-corrected chi connectivity index (χ4v) is 2.35. The van der Waals surface area contributed by atoms with E-state index in [1.165, 1.54) is 11.3 Å². The van der Waals surface area contributed by atoms with Crippen LogP contribution in [-0.2, 0) is 11.3 Å². The summed E-state index contributed by atoms with van der Waals surface area (Å²) in [5.74, 6) is -0.980. The van der Waals surface area contributed by atoms with Crippen LogP contribution in [0.2, 0.25) is 4.34 Å². The van der Waals surface area contributed by atoms with Gasteiger partial charge in [0.25, 0.3) is 0 Å². The van der Waals surface area contributed by atoms with Crippen LogP contribution in [0.15, 0.2) is 12.1 Å². The van der Waals surface area contributed by atoms with E-state index in [-0.39, 0.29) is 0 Å². The Kier molecular flexibility index (Phi) is 4.53. The lowest BCUT2D eigenvalue weighted by atomic mass is 10.3. The third kappa shape index (κ3) is 4.17. The molecular formula is C9H13ClN2O2S. The van der Waals surface area contributed by atoms with Gasteiger partial charge in [-0.2, -0.15) is 0 Å². The van der Waals surface area contributed by atoms with Crippen molar-refractivity contribution in [1.29, 1.82) is 0 Å². The highest BCUT2D eigenvalue weighted by Gasteiger charge is 2.14. The number of hydrogen-bond acceptors (Lipinski definition) is 4. The lowest BCUT2D eigenvalue weighted by Crippen LogP contribution is -2.40. The summed E-state index contributed by atoms with van der Waals surface area (Å²) in [5.41, 5.74) is 5.41. The summed E-state index contributed by atoms with van der Waals surface area (Å²) in [6.07, 6.45) is 0. The van der Waals surface area contributed by atoms with Crippen molar-refractivity contribution in [2.75, 3.05) is 13.6 Å². The largest absolute Gasteiger partial charge is 0.480 e. The maximum Gasteiger partial charge on any atom is 0.321 e. The smallest absolute Gasteiger partial charge is 0.321 e. The Bertz CT molecular complexity index is 343. The number of carbonyl (C=O) groups is 1. The summed E-state index contributed by atoms with van der Waals surface area (Å²) in [7, 11) is 1.83. The molecule has 0 fully saturated rings. The molecule has 3 N–H and O–H groups in total. The molecule has 1 unspecified atom stereocenters. The lowest BCUT2D eigenvalue weighted by molar-refractivity contribution is -0.138. The summed E-state index contributed by atoms with van der Waals surface area (Å²) in [6, 6.07) is 2.91. The van der Waals surface area contributed by atoms with E-state index in [4.69, 9.17) is 22.4 Å². The Morgan fingerprint density at radius 1 is 1.73 bits per heavy atom. The zero-order valence-electron chi connectivity index (χ0n) is 8.31. The second kappa shape index (κ2) is 5.46. The number of carboxylic acids is 1. The second-order valence-corrected chi connectivity index (χ2v) is 5.15. The average Bonchev–Trinajstić information content (AvgIpc) is 2.50. The van der Waals surface area contributed by atoms with Crippen molar-refractivity contribution in [1.82, 2.24) is 4.90 Å². The number of thiophene rings is 1. The van der Waals surface area contributed by atoms with Crippen molar-refractivity contribution in [3.05, 3.63) is 21.3 Å². The number of hydrogen-bond donors (Lipinski definition) is 2. The van der Waals surface area contributed by atoms with Gasteiger partial charge in [0, 0.05) is 18.0 Å². The number of halogens is 1. The molecule has 0 aromatic carbocycles. The van der Waals surface area contributed by atoms with Crippen molar-refractivity contribution in [2.45, 2.75) is 12.6 Å². The van der Waals surface area contributed by atoms with Gasteiger partial charge in [-0.3, -0.25) is 9.69 Å². The first-order chi connectivity index (χ1) is 6.99. The monoisotopic (exact) mass is 248 g/mol. The molecule has 0 radical (unpaired) electrons. The zero-order chi connectivity index (χ0) is 11.4. The molecule has 0 bridgehead atoms. The number of likely N-dealkylation sites (N-methyl/N-ethyl adjacent to an activating group) is 1. The van der Waals surface area contributed by atoms with Gasteiger partial charge in [-0.1, -0.05) is 11.6 Å². The minimum atomic E-state index is -0.980. The molecule has 0 aliphatic heterocycles. The zero-order valence-corrected chi connectivity index (χ0v) is 9.88. The predicted molar refractivity (Wildman–Crippen MR) is 61.3 cm³/mol. The van der Waals surface area contributed by atoms with Gasteiger partial charge >= 0.3 is 5.97 Å². The molecule has 6 heteroatoms. The topological polar surface area (TPSA) is 66.6 Å². The van der Waals surface area contributed by atoms with Crippen LogP contribution in [0.3, 0.4) is 0 Å². The van der Waals surface area contributed by atoms with E-state index in [0.29, 0.717) is 13.1 Å². The van der Waals surface area contributed by atoms with Gasteiger partial charge in [0.2, 0.25) is 0 Å². The number of aliphatic carboxylic acids is 1. The van der Waals surface area contributed by atoms with Crippen molar-refractivity contribution in [3.8, 4) is 0 Å². The molecule has 1 heterocycles. The highest BCUT2D eigenvalue weighted by Crippen LogP contribution is 2.22. The molecule has 4 nitrogen and oxygen atoms in total. The normalized spacial score (nSPS) is 13.1. The number of nitrogens with two attached hydrogens (primary N) is 1. The Hall–Kier alpha value is -0.620. The average molecular weight is 249 g/mol. The van der Waals surface area contributed by atoms with Crippen LogP contribution in [0.4, 0.5) is 0 Å². The lowest BCUT2D eigenvalue weighted by Gasteiger charge is -2.17. The maximum atomic E-state index is 10.5. The van der Waals surface area contributed by atoms with Gasteiger partial charge in [0.05, 0.1) is 4.34 Å². The van der Waals surface area contributed by atoms with Gasteiger partial charge < -0.3 is 10.8 Å².